The number of nitrogen functional groups attached to an aromatic ring is 1. The van der Waals surface area contributed by atoms with Crippen LogP contribution in [0.2, 0.25) is 5.28 Å². The van der Waals surface area contributed by atoms with Gasteiger partial charge in [-0.3, -0.25) is 0 Å². The third kappa shape index (κ3) is 2.79. The Bertz CT molecular complexity index is 581. The lowest BCUT2D eigenvalue weighted by molar-refractivity contribution is 1.05. The fraction of sp³-hybridized carbons (Fsp3) is 0.286. The summed E-state index contributed by atoms with van der Waals surface area (Å²) < 4.78 is 0. The quantitative estimate of drug-likeness (QED) is 0.874. The topological polar surface area (TPSA) is 55.0 Å². The third-order valence-corrected chi connectivity index (χ3v) is 3.31. The molecule has 100 valence electrons. The molecule has 0 fully saturated rings. The molecule has 4 nitrogen and oxygen atoms in total. The van der Waals surface area contributed by atoms with Gasteiger partial charge in [0, 0.05) is 12.7 Å². The Labute approximate surface area is 118 Å². The molecule has 2 N–H and O–H groups in total. The first-order chi connectivity index (χ1) is 9.02. The van der Waals surface area contributed by atoms with Crippen LogP contribution < -0.4 is 10.6 Å². The van der Waals surface area contributed by atoms with Crippen LogP contribution in [0, 0.1) is 6.92 Å². The van der Waals surface area contributed by atoms with Crippen molar-refractivity contribution in [2.24, 2.45) is 0 Å². The zero-order valence-corrected chi connectivity index (χ0v) is 12.1. The van der Waals surface area contributed by atoms with Crippen LogP contribution in [0.5, 0.6) is 0 Å². The fourth-order valence-corrected chi connectivity index (χ4v) is 2.07. The van der Waals surface area contributed by atoms with Gasteiger partial charge in [-0.25, -0.2) is 4.98 Å². The average molecular weight is 277 g/mol. The summed E-state index contributed by atoms with van der Waals surface area (Å²) in [6.45, 7) is 3.95. The van der Waals surface area contributed by atoms with Crippen molar-refractivity contribution in [3.8, 4) is 0 Å². The summed E-state index contributed by atoms with van der Waals surface area (Å²) in [7, 11) is 1.91. The predicted molar refractivity (Wildman–Crippen MR) is 80.1 cm³/mol. The van der Waals surface area contributed by atoms with Crippen LogP contribution in [0.4, 0.5) is 17.2 Å². The van der Waals surface area contributed by atoms with E-state index in [2.05, 4.69) is 29.0 Å². The van der Waals surface area contributed by atoms with Crippen molar-refractivity contribution < 1.29 is 0 Å². The number of benzene rings is 1. The van der Waals surface area contributed by atoms with E-state index in [1.54, 1.807) is 0 Å². The molecule has 0 unspecified atom stereocenters. The molecular weight excluding hydrogens is 260 g/mol. The largest absolute Gasteiger partial charge is 0.394 e. The van der Waals surface area contributed by atoms with Gasteiger partial charge in [0.2, 0.25) is 5.28 Å². The fourth-order valence-electron chi connectivity index (χ4n) is 1.87. The minimum atomic E-state index is 0.207. The molecule has 0 saturated heterocycles. The molecule has 0 radical (unpaired) electrons. The van der Waals surface area contributed by atoms with Crippen molar-refractivity contribution in [3.63, 3.8) is 0 Å². The second-order valence-corrected chi connectivity index (χ2v) is 4.73. The van der Waals surface area contributed by atoms with Crippen molar-refractivity contribution in [2.45, 2.75) is 20.3 Å². The van der Waals surface area contributed by atoms with Gasteiger partial charge in [-0.15, -0.1) is 0 Å². The highest BCUT2D eigenvalue weighted by Gasteiger charge is 2.13. The maximum absolute atomic E-state index is 6.02. The Kier molecular flexibility index (Phi) is 3.90. The van der Waals surface area contributed by atoms with Crippen LogP contribution in [-0.4, -0.2) is 17.0 Å². The highest BCUT2D eigenvalue weighted by atomic mass is 35.5. The van der Waals surface area contributed by atoms with Gasteiger partial charge in [0.15, 0.2) is 5.82 Å². The smallest absolute Gasteiger partial charge is 0.224 e. The molecule has 0 amide bonds. The molecule has 5 heteroatoms. The Hall–Kier alpha value is -1.81. The molecule has 0 aliphatic rings. The maximum Gasteiger partial charge on any atom is 0.224 e. The van der Waals surface area contributed by atoms with E-state index in [4.69, 9.17) is 17.3 Å². The summed E-state index contributed by atoms with van der Waals surface area (Å²) in [4.78, 5) is 10.2. The third-order valence-electron chi connectivity index (χ3n) is 3.14. The molecule has 1 aromatic carbocycles. The Morgan fingerprint density at radius 2 is 1.84 bits per heavy atom. The van der Waals surface area contributed by atoms with Crippen molar-refractivity contribution >= 4 is 28.8 Å². The number of hydrogen-bond acceptors (Lipinski definition) is 4. The average Bonchev–Trinajstić information content (AvgIpc) is 2.42. The van der Waals surface area contributed by atoms with Crippen molar-refractivity contribution in [1.29, 1.82) is 0 Å². The molecule has 2 aromatic rings. The van der Waals surface area contributed by atoms with Crippen molar-refractivity contribution in [1.82, 2.24) is 9.97 Å². The molecule has 0 saturated carbocycles. The van der Waals surface area contributed by atoms with Crippen LogP contribution in [-0.2, 0) is 6.42 Å². The predicted octanol–water partition coefficient (Wildman–Crippen LogP) is 3.35. The van der Waals surface area contributed by atoms with E-state index in [-0.39, 0.29) is 5.28 Å². The minimum absolute atomic E-state index is 0.207. The van der Waals surface area contributed by atoms with E-state index in [0.717, 1.165) is 12.1 Å². The number of rotatable bonds is 3. The van der Waals surface area contributed by atoms with Gasteiger partial charge in [0.1, 0.15) is 0 Å². The molecule has 2 rings (SSSR count). The molecule has 1 heterocycles. The first-order valence-electron chi connectivity index (χ1n) is 6.15. The van der Waals surface area contributed by atoms with Gasteiger partial charge >= 0.3 is 0 Å². The van der Waals surface area contributed by atoms with Gasteiger partial charge in [0.05, 0.1) is 11.4 Å². The maximum atomic E-state index is 6.02. The second kappa shape index (κ2) is 5.45. The van der Waals surface area contributed by atoms with E-state index in [9.17, 15) is 0 Å². The van der Waals surface area contributed by atoms with Crippen LogP contribution in [0.25, 0.3) is 0 Å². The number of aryl methyl sites for hydroxylation is 2. The minimum Gasteiger partial charge on any atom is -0.394 e. The molecule has 0 aliphatic heterocycles. The van der Waals surface area contributed by atoms with Crippen LogP contribution in [0.3, 0.4) is 0 Å². The van der Waals surface area contributed by atoms with Gasteiger partial charge < -0.3 is 10.6 Å². The molecule has 1 aromatic heterocycles. The lowest BCUT2D eigenvalue weighted by Gasteiger charge is -2.21. The highest BCUT2D eigenvalue weighted by molar-refractivity contribution is 6.28. The molecule has 0 atom stereocenters. The number of halogens is 1. The van der Waals surface area contributed by atoms with E-state index >= 15 is 0 Å². The normalized spacial score (nSPS) is 10.5. The zero-order valence-electron chi connectivity index (χ0n) is 11.3. The number of aromatic nitrogens is 2. The molecule has 0 aliphatic carbocycles. The summed E-state index contributed by atoms with van der Waals surface area (Å²) in [5.74, 6) is 0.627. The molecular formula is C14H17ClN4. The van der Waals surface area contributed by atoms with Gasteiger partial charge in [-0.2, -0.15) is 4.98 Å². The number of nitrogens with two attached hydrogens (primary N) is 1. The lowest BCUT2D eigenvalue weighted by atomic mass is 10.1. The van der Waals surface area contributed by atoms with Gasteiger partial charge in [-0.1, -0.05) is 19.1 Å². The van der Waals surface area contributed by atoms with Gasteiger partial charge in [0.25, 0.3) is 0 Å². The number of hydrogen-bond donors (Lipinski definition) is 1. The van der Waals surface area contributed by atoms with E-state index in [1.807, 2.05) is 31.0 Å². The summed E-state index contributed by atoms with van der Waals surface area (Å²) >= 11 is 5.90. The Balaban J connectivity index is 2.40. The van der Waals surface area contributed by atoms with Crippen molar-refractivity contribution in [2.75, 3.05) is 17.7 Å². The van der Waals surface area contributed by atoms with Crippen LogP contribution in [0.15, 0.2) is 24.3 Å². The summed E-state index contributed by atoms with van der Waals surface area (Å²) in [5.41, 5.74) is 9.56. The number of anilines is 3. The summed E-state index contributed by atoms with van der Waals surface area (Å²) in [6.07, 6.45) is 1.02. The zero-order chi connectivity index (χ0) is 14.0. The first kappa shape index (κ1) is 13.6. The van der Waals surface area contributed by atoms with Crippen LogP contribution in [0.1, 0.15) is 18.2 Å². The summed E-state index contributed by atoms with van der Waals surface area (Å²) in [6, 6.07) is 8.28. The van der Waals surface area contributed by atoms with Crippen LogP contribution >= 0.6 is 11.6 Å². The lowest BCUT2D eigenvalue weighted by Crippen LogP contribution is -2.15. The standard InChI is InChI=1S/C14H17ClN4/c1-4-10-5-7-11(8-6-10)19(3)13-12(16)9(2)17-14(15)18-13/h5-8H,4,16H2,1-3H3. The van der Waals surface area contributed by atoms with E-state index < -0.39 is 0 Å². The first-order valence-corrected chi connectivity index (χ1v) is 6.53. The molecule has 19 heavy (non-hydrogen) atoms. The second-order valence-electron chi connectivity index (χ2n) is 4.39. The summed E-state index contributed by atoms with van der Waals surface area (Å²) in [5, 5.41) is 0.207. The molecule has 0 bridgehead atoms. The van der Waals surface area contributed by atoms with E-state index in [0.29, 0.717) is 17.2 Å². The van der Waals surface area contributed by atoms with Crippen molar-refractivity contribution in [3.05, 3.63) is 40.8 Å². The monoisotopic (exact) mass is 276 g/mol. The van der Waals surface area contributed by atoms with E-state index in [1.165, 1.54) is 5.56 Å². The Morgan fingerprint density at radius 1 is 1.21 bits per heavy atom. The SMILES string of the molecule is CCc1ccc(N(C)c2nc(Cl)nc(C)c2N)cc1. The Morgan fingerprint density at radius 3 is 2.42 bits per heavy atom. The highest BCUT2D eigenvalue weighted by Crippen LogP contribution is 2.29. The molecule has 0 spiro atoms. The van der Waals surface area contributed by atoms with Gasteiger partial charge in [-0.05, 0) is 42.6 Å². The number of nitrogens with zero attached hydrogens (tertiary/aromatic N) is 3.